The summed E-state index contributed by atoms with van der Waals surface area (Å²) in [5, 5.41) is 12.9. The number of Topliss-reactive ketones (excluding diaryl/α,β-unsaturated/α-hetero) is 1. The number of amides is 1. The number of aromatic hydroxyl groups is 1. The Labute approximate surface area is 215 Å². The number of hydrogen-bond acceptors (Lipinski definition) is 4. The molecule has 0 radical (unpaired) electrons. The van der Waals surface area contributed by atoms with Crippen LogP contribution in [0.5, 0.6) is 5.75 Å². The molecule has 0 unspecified atom stereocenters. The van der Waals surface area contributed by atoms with Crippen molar-refractivity contribution in [2.45, 2.75) is 6.54 Å². The molecule has 1 amide bonds. The number of nitrogens with zero attached hydrogens (tertiary/aromatic N) is 2. The molecule has 4 rings (SSSR count). The van der Waals surface area contributed by atoms with Gasteiger partial charge in [0, 0.05) is 36.0 Å². The van der Waals surface area contributed by atoms with E-state index in [2.05, 4.69) is 10.3 Å². The van der Waals surface area contributed by atoms with Gasteiger partial charge in [-0.2, -0.15) is 0 Å². The first-order valence-corrected chi connectivity index (χ1v) is 9.80. The molecule has 6 nitrogen and oxygen atoms in total. The largest absolute Gasteiger partial charge is 1.00 e. The Morgan fingerprint density at radius 2 is 1.75 bits per heavy atom. The zero-order valence-electron chi connectivity index (χ0n) is 17.8. The average Bonchev–Trinajstić information content (AvgIpc) is 3.09. The number of anilines is 1. The van der Waals surface area contributed by atoms with E-state index < -0.39 is 11.7 Å². The summed E-state index contributed by atoms with van der Waals surface area (Å²) in [5.41, 5.74) is 1.59. The van der Waals surface area contributed by atoms with Gasteiger partial charge in [0.15, 0.2) is 0 Å². The molecule has 0 fully saturated rings. The summed E-state index contributed by atoms with van der Waals surface area (Å²) in [6.07, 6.45) is 4.10. The first-order chi connectivity index (χ1) is 14.8. The van der Waals surface area contributed by atoms with Crippen molar-refractivity contribution in [3.63, 3.8) is 0 Å². The maximum atomic E-state index is 13.2. The molecule has 0 aliphatic rings. The Kier molecular flexibility index (Phi) is 7.59. The minimum atomic E-state index is -0.945. The van der Waals surface area contributed by atoms with Gasteiger partial charge in [-0.25, -0.2) is 4.39 Å². The molecular formula is C22H15Cl2FN3NaO3. The van der Waals surface area contributed by atoms with E-state index in [-0.39, 0.29) is 63.8 Å². The van der Waals surface area contributed by atoms with Crippen LogP contribution in [0.2, 0.25) is 10.0 Å². The Hall–Kier alpha value is -2.42. The van der Waals surface area contributed by atoms with E-state index in [9.17, 15) is 19.1 Å². The number of nitrogens with one attached hydrogen (secondary N) is 1. The van der Waals surface area contributed by atoms with E-state index in [4.69, 9.17) is 23.2 Å². The summed E-state index contributed by atoms with van der Waals surface area (Å²) in [6, 6.07) is 10.5. The molecular weight excluding hydrogens is 467 g/mol. The van der Waals surface area contributed by atoms with Crippen LogP contribution in [-0.4, -0.2) is 26.3 Å². The van der Waals surface area contributed by atoms with Gasteiger partial charge in [-0.1, -0.05) is 35.3 Å². The number of aromatic nitrogens is 2. The standard InChI is InChI=1S/C22H14Cl2FN3O3.Na.H/c23-17-8-26-9-18(24)20(17)27-22(31)21(30)16-11-28(10-12-1-3-13(25)4-2-12)19-6-5-14(29)7-15(16)19;;/h1-9,11,29H,10H2,(H,26,27,31);;/q;+1;-1. The number of phenolic OH excluding ortho intramolecular Hbond substituents is 1. The third-order valence-electron chi connectivity index (χ3n) is 4.67. The second-order valence-electron chi connectivity index (χ2n) is 6.76. The quantitative estimate of drug-likeness (QED) is 0.260. The summed E-state index contributed by atoms with van der Waals surface area (Å²) in [6.45, 7) is 0.332. The van der Waals surface area contributed by atoms with Crippen LogP contribution in [0.1, 0.15) is 17.3 Å². The predicted octanol–water partition coefficient (Wildman–Crippen LogP) is 2.17. The molecule has 0 saturated heterocycles. The van der Waals surface area contributed by atoms with Crippen molar-refractivity contribution < 1.29 is 50.1 Å². The molecule has 0 aliphatic carbocycles. The van der Waals surface area contributed by atoms with Crippen LogP contribution in [0.15, 0.2) is 61.1 Å². The van der Waals surface area contributed by atoms with E-state index in [1.165, 1.54) is 42.9 Å². The van der Waals surface area contributed by atoms with Crippen LogP contribution in [0.3, 0.4) is 0 Å². The normalized spacial score (nSPS) is 10.6. The van der Waals surface area contributed by atoms with Crippen LogP contribution in [0.25, 0.3) is 10.9 Å². The van der Waals surface area contributed by atoms with Gasteiger partial charge in [0.25, 0.3) is 11.7 Å². The third kappa shape index (κ3) is 4.98. The van der Waals surface area contributed by atoms with Gasteiger partial charge < -0.3 is 16.4 Å². The number of benzene rings is 2. The molecule has 2 aromatic carbocycles. The minimum absolute atomic E-state index is 0. The Balaban J connectivity index is 0.00000193. The third-order valence-corrected chi connectivity index (χ3v) is 5.25. The van der Waals surface area contributed by atoms with E-state index in [1.54, 1.807) is 22.8 Å². The van der Waals surface area contributed by atoms with Crippen molar-refractivity contribution in [2.75, 3.05) is 5.32 Å². The second kappa shape index (κ2) is 10.0. The fourth-order valence-electron chi connectivity index (χ4n) is 3.21. The summed E-state index contributed by atoms with van der Waals surface area (Å²) in [5.74, 6) is -2.19. The molecule has 0 aliphatic heterocycles. The number of fused-ring (bicyclic) bond motifs is 1. The number of carbonyl (C=O) groups excluding carboxylic acids is 2. The number of carbonyl (C=O) groups is 2. The number of halogens is 3. The van der Waals surface area contributed by atoms with Crippen LogP contribution < -0.4 is 34.9 Å². The number of pyridine rings is 1. The summed E-state index contributed by atoms with van der Waals surface area (Å²) in [7, 11) is 0. The van der Waals surface area contributed by atoms with E-state index in [0.717, 1.165) is 5.56 Å². The maximum Gasteiger partial charge on any atom is 1.00 e. The van der Waals surface area contributed by atoms with Crippen molar-refractivity contribution in [2.24, 2.45) is 0 Å². The topological polar surface area (TPSA) is 84.2 Å². The van der Waals surface area contributed by atoms with E-state index in [0.29, 0.717) is 17.4 Å². The van der Waals surface area contributed by atoms with E-state index >= 15 is 0 Å². The van der Waals surface area contributed by atoms with Gasteiger partial charge in [0.1, 0.15) is 11.6 Å². The molecule has 10 heteroatoms. The van der Waals surface area contributed by atoms with Crippen molar-refractivity contribution in [3.05, 3.63) is 88.0 Å². The molecule has 4 aromatic rings. The van der Waals surface area contributed by atoms with Crippen molar-refractivity contribution in [1.82, 2.24) is 9.55 Å². The second-order valence-corrected chi connectivity index (χ2v) is 7.57. The zero-order chi connectivity index (χ0) is 22.1. The number of hydrogen-bond donors (Lipinski definition) is 2. The number of phenols is 1. The molecule has 2 N–H and O–H groups in total. The fraction of sp³-hybridized carbons (Fsp3) is 0.0455. The molecule has 0 spiro atoms. The Bertz CT molecular complexity index is 1310. The SMILES string of the molecule is O=C(Nc1c(Cl)cncc1Cl)C(=O)c1cn(Cc2ccc(F)cc2)c2ccc(O)cc12.[H-].[Na+]. The van der Waals surface area contributed by atoms with E-state index in [1.807, 2.05) is 0 Å². The fourth-order valence-corrected chi connectivity index (χ4v) is 3.67. The van der Waals surface area contributed by atoms with Crippen LogP contribution >= 0.6 is 23.2 Å². The van der Waals surface area contributed by atoms with Crippen molar-refractivity contribution >= 4 is 51.5 Å². The zero-order valence-corrected chi connectivity index (χ0v) is 20.3. The van der Waals surface area contributed by atoms with Crippen molar-refractivity contribution in [1.29, 1.82) is 0 Å². The molecule has 0 saturated carbocycles. The predicted molar refractivity (Wildman–Crippen MR) is 117 cm³/mol. The minimum Gasteiger partial charge on any atom is -1.00 e. The van der Waals surface area contributed by atoms with Gasteiger partial charge in [-0.05, 0) is 35.9 Å². The number of ketones is 1. The van der Waals surface area contributed by atoms with Gasteiger partial charge in [-0.15, -0.1) is 0 Å². The molecule has 2 aromatic heterocycles. The first kappa shape index (κ1) is 24.2. The van der Waals surface area contributed by atoms with Crippen LogP contribution in [-0.2, 0) is 11.3 Å². The van der Waals surface area contributed by atoms with Gasteiger partial charge in [-0.3, -0.25) is 14.6 Å². The van der Waals surface area contributed by atoms with Crippen LogP contribution in [0, 0.1) is 5.82 Å². The summed E-state index contributed by atoms with van der Waals surface area (Å²) >= 11 is 12.0. The maximum absolute atomic E-state index is 13.2. The van der Waals surface area contributed by atoms with Gasteiger partial charge >= 0.3 is 29.6 Å². The molecule has 32 heavy (non-hydrogen) atoms. The monoisotopic (exact) mass is 481 g/mol. The molecule has 0 atom stereocenters. The first-order valence-electron chi connectivity index (χ1n) is 9.04. The molecule has 2 heterocycles. The van der Waals surface area contributed by atoms with Gasteiger partial charge in [0.05, 0.1) is 21.3 Å². The Morgan fingerprint density at radius 3 is 2.41 bits per heavy atom. The smallest absolute Gasteiger partial charge is 1.00 e. The van der Waals surface area contributed by atoms with Gasteiger partial charge in [0.2, 0.25) is 0 Å². The van der Waals surface area contributed by atoms with Crippen LogP contribution in [0.4, 0.5) is 10.1 Å². The summed E-state index contributed by atoms with van der Waals surface area (Å²) < 4.78 is 15.0. The molecule has 158 valence electrons. The average molecular weight is 482 g/mol. The number of rotatable bonds is 5. The Morgan fingerprint density at radius 1 is 1.09 bits per heavy atom. The van der Waals surface area contributed by atoms with Crippen molar-refractivity contribution in [3.8, 4) is 5.75 Å². The molecule has 0 bridgehead atoms. The summed E-state index contributed by atoms with van der Waals surface area (Å²) in [4.78, 5) is 29.4.